The lowest BCUT2D eigenvalue weighted by Gasteiger charge is -2.38. The number of furan rings is 1. The van der Waals surface area contributed by atoms with E-state index < -0.39 is 6.23 Å². The fraction of sp³-hybridized carbons (Fsp3) is 0.150. The first kappa shape index (κ1) is 15.3. The van der Waals surface area contributed by atoms with Gasteiger partial charge in [0, 0.05) is 22.6 Å². The average Bonchev–Trinajstić information content (AvgIpc) is 3.32. The van der Waals surface area contributed by atoms with E-state index in [0.717, 1.165) is 22.8 Å². The molecule has 2 atom stereocenters. The maximum Gasteiger partial charge on any atom is 0.215 e. The van der Waals surface area contributed by atoms with E-state index in [1.807, 2.05) is 41.4 Å². The summed E-state index contributed by atoms with van der Waals surface area (Å²) in [6, 6.07) is 16.5. The number of hydrogen-bond donors (Lipinski definition) is 1. The van der Waals surface area contributed by atoms with Gasteiger partial charge >= 0.3 is 0 Å². The normalized spacial score (nSPS) is 21.0. The second kappa shape index (κ2) is 5.81. The molecule has 1 N–H and O–H groups in total. The van der Waals surface area contributed by atoms with Gasteiger partial charge in [0.05, 0.1) is 12.3 Å². The van der Waals surface area contributed by atoms with E-state index in [1.165, 1.54) is 0 Å². The van der Waals surface area contributed by atoms with Crippen LogP contribution < -0.4 is 4.74 Å². The minimum absolute atomic E-state index is 0.0171. The van der Waals surface area contributed by atoms with Crippen LogP contribution in [-0.4, -0.2) is 15.8 Å². The molecule has 1 aromatic heterocycles. The summed E-state index contributed by atoms with van der Waals surface area (Å²) in [5, 5.41) is 17.1. The number of hydrazone groups is 1. The molecule has 0 unspecified atom stereocenters. The molecule has 2 aliphatic heterocycles. The molecule has 0 aliphatic carbocycles. The Labute approximate surface area is 155 Å². The van der Waals surface area contributed by atoms with Crippen LogP contribution in [0.4, 0.5) is 0 Å². The molecule has 2 aliphatic rings. The van der Waals surface area contributed by atoms with Crippen LogP contribution in [0.1, 0.15) is 35.6 Å². The molecule has 0 bridgehead atoms. The van der Waals surface area contributed by atoms with Crippen molar-refractivity contribution in [2.24, 2.45) is 5.10 Å². The summed E-state index contributed by atoms with van der Waals surface area (Å²) in [6.45, 7) is 0. The van der Waals surface area contributed by atoms with Gasteiger partial charge in [0.25, 0.3) is 0 Å². The molecule has 0 amide bonds. The van der Waals surface area contributed by atoms with Gasteiger partial charge in [0.15, 0.2) is 0 Å². The average molecular weight is 367 g/mol. The Morgan fingerprint density at radius 2 is 1.96 bits per heavy atom. The van der Waals surface area contributed by atoms with Crippen molar-refractivity contribution >= 4 is 17.3 Å². The quantitative estimate of drug-likeness (QED) is 0.702. The van der Waals surface area contributed by atoms with Crippen LogP contribution in [0.3, 0.4) is 0 Å². The first-order chi connectivity index (χ1) is 12.7. The fourth-order valence-electron chi connectivity index (χ4n) is 3.55. The Hall–Kier alpha value is -2.92. The summed E-state index contributed by atoms with van der Waals surface area (Å²) in [7, 11) is 0. The number of fused-ring (bicyclic) bond motifs is 3. The SMILES string of the molecule is Oc1ccc(Cl)c([C@@H]2Oc3ccccc3[C@@H]3CC(c4ccco4)=NN32)c1. The Morgan fingerprint density at radius 1 is 1.08 bits per heavy atom. The van der Waals surface area contributed by atoms with Crippen LogP contribution in [-0.2, 0) is 0 Å². The molecular weight excluding hydrogens is 352 g/mol. The van der Waals surface area contributed by atoms with E-state index in [0.29, 0.717) is 17.0 Å². The van der Waals surface area contributed by atoms with Crippen molar-refractivity contribution in [2.45, 2.75) is 18.7 Å². The van der Waals surface area contributed by atoms with Crippen molar-refractivity contribution in [1.29, 1.82) is 0 Å². The summed E-state index contributed by atoms with van der Waals surface area (Å²) in [6.07, 6.45) is 1.83. The molecule has 0 saturated carbocycles. The predicted molar refractivity (Wildman–Crippen MR) is 97.4 cm³/mol. The smallest absolute Gasteiger partial charge is 0.215 e. The second-order valence-electron chi connectivity index (χ2n) is 6.34. The van der Waals surface area contributed by atoms with E-state index >= 15 is 0 Å². The molecule has 130 valence electrons. The Balaban J connectivity index is 1.64. The molecule has 3 aromatic rings. The Kier molecular flexibility index (Phi) is 3.43. The van der Waals surface area contributed by atoms with Crippen molar-refractivity contribution in [1.82, 2.24) is 5.01 Å². The number of phenolic OH excluding ortho intramolecular Hbond substituents is 1. The predicted octanol–water partition coefficient (Wildman–Crippen LogP) is 4.88. The van der Waals surface area contributed by atoms with Gasteiger partial charge in [-0.2, -0.15) is 5.10 Å². The lowest BCUT2D eigenvalue weighted by molar-refractivity contribution is -0.0190. The van der Waals surface area contributed by atoms with Crippen LogP contribution in [0.15, 0.2) is 70.4 Å². The number of ether oxygens (including phenoxy) is 1. The molecule has 2 aromatic carbocycles. The van der Waals surface area contributed by atoms with Gasteiger partial charge in [-0.15, -0.1) is 0 Å². The first-order valence-corrected chi connectivity index (χ1v) is 8.72. The molecular formula is C20H15ClN2O3. The summed E-state index contributed by atoms with van der Waals surface area (Å²) in [5.41, 5.74) is 2.61. The zero-order valence-corrected chi connectivity index (χ0v) is 14.4. The zero-order chi connectivity index (χ0) is 17.7. The molecule has 0 radical (unpaired) electrons. The maximum atomic E-state index is 9.92. The van der Waals surface area contributed by atoms with Crippen molar-refractivity contribution in [2.75, 3.05) is 0 Å². The van der Waals surface area contributed by atoms with Crippen LogP contribution >= 0.6 is 11.6 Å². The number of hydrogen-bond acceptors (Lipinski definition) is 5. The van der Waals surface area contributed by atoms with E-state index in [2.05, 4.69) is 0 Å². The van der Waals surface area contributed by atoms with E-state index in [-0.39, 0.29) is 11.8 Å². The van der Waals surface area contributed by atoms with Gasteiger partial charge < -0.3 is 14.3 Å². The van der Waals surface area contributed by atoms with Gasteiger partial charge in [-0.3, -0.25) is 0 Å². The lowest BCUT2D eigenvalue weighted by atomic mass is 9.97. The Bertz CT molecular complexity index is 1000. The number of para-hydroxylation sites is 1. The van der Waals surface area contributed by atoms with Crippen molar-refractivity contribution in [3.8, 4) is 11.5 Å². The van der Waals surface area contributed by atoms with Crippen molar-refractivity contribution < 1.29 is 14.3 Å². The minimum atomic E-state index is -0.526. The summed E-state index contributed by atoms with van der Waals surface area (Å²) < 4.78 is 11.8. The molecule has 5 nitrogen and oxygen atoms in total. The maximum absolute atomic E-state index is 9.92. The zero-order valence-electron chi connectivity index (χ0n) is 13.7. The topological polar surface area (TPSA) is 58.2 Å². The summed E-state index contributed by atoms with van der Waals surface area (Å²) >= 11 is 6.40. The van der Waals surface area contributed by atoms with Gasteiger partial charge in [-0.1, -0.05) is 29.8 Å². The minimum Gasteiger partial charge on any atom is -0.508 e. The van der Waals surface area contributed by atoms with Crippen LogP contribution in [0, 0.1) is 0 Å². The highest BCUT2D eigenvalue weighted by atomic mass is 35.5. The fourth-order valence-corrected chi connectivity index (χ4v) is 3.76. The van der Waals surface area contributed by atoms with E-state index in [1.54, 1.807) is 24.5 Å². The Morgan fingerprint density at radius 3 is 2.81 bits per heavy atom. The number of rotatable bonds is 2. The molecule has 6 heteroatoms. The van der Waals surface area contributed by atoms with Crippen LogP contribution in [0.5, 0.6) is 11.5 Å². The molecule has 26 heavy (non-hydrogen) atoms. The number of benzene rings is 2. The monoisotopic (exact) mass is 366 g/mol. The number of nitrogens with zero attached hydrogens (tertiary/aromatic N) is 2. The van der Waals surface area contributed by atoms with Gasteiger partial charge in [-0.05, 0) is 36.4 Å². The van der Waals surface area contributed by atoms with Gasteiger partial charge in [0.1, 0.15) is 23.0 Å². The van der Waals surface area contributed by atoms with E-state index in [9.17, 15) is 5.11 Å². The third-order valence-electron chi connectivity index (χ3n) is 4.75. The molecule has 0 spiro atoms. The summed E-state index contributed by atoms with van der Waals surface area (Å²) in [5.74, 6) is 1.68. The number of halogens is 1. The second-order valence-corrected chi connectivity index (χ2v) is 6.74. The summed E-state index contributed by atoms with van der Waals surface area (Å²) in [4.78, 5) is 0. The van der Waals surface area contributed by atoms with Crippen LogP contribution in [0.2, 0.25) is 5.02 Å². The highest BCUT2D eigenvalue weighted by Crippen LogP contribution is 2.48. The molecule has 0 fully saturated rings. The third-order valence-corrected chi connectivity index (χ3v) is 5.09. The molecule has 5 rings (SSSR count). The van der Waals surface area contributed by atoms with E-state index in [4.69, 9.17) is 25.9 Å². The number of phenols is 1. The highest BCUT2D eigenvalue weighted by Gasteiger charge is 2.42. The van der Waals surface area contributed by atoms with Crippen molar-refractivity contribution in [3.63, 3.8) is 0 Å². The van der Waals surface area contributed by atoms with Crippen molar-refractivity contribution in [3.05, 3.63) is 82.8 Å². The molecule has 3 heterocycles. The number of aromatic hydroxyl groups is 1. The third kappa shape index (κ3) is 2.35. The first-order valence-electron chi connectivity index (χ1n) is 8.34. The molecule has 0 saturated heterocycles. The highest BCUT2D eigenvalue weighted by molar-refractivity contribution is 6.31. The standard InChI is InChI=1S/C20H15ClN2O3/c21-15-8-7-12(24)10-14(15)20-23-17(13-4-1-2-5-18(13)26-20)11-16(22-23)19-6-3-9-25-19/h1-10,17,20,24H,11H2/t17-,20-/m0/s1. The largest absolute Gasteiger partial charge is 0.508 e. The van der Waals surface area contributed by atoms with Crippen LogP contribution in [0.25, 0.3) is 0 Å². The van der Waals surface area contributed by atoms with Gasteiger partial charge in [-0.25, -0.2) is 5.01 Å². The lowest BCUT2D eigenvalue weighted by Crippen LogP contribution is -2.33. The van der Waals surface area contributed by atoms with Gasteiger partial charge in [0.2, 0.25) is 6.23 Å².